The molecule has 3 rings (SSSR count). The number of hydrogen-bond acceptors (Lipinski definition) is 5. The highest BCUT2D eigenvalue weighted by Crippen LogP contribution is 2.47. The molecule has 1 N–H and O–H groups in total. The number of aromatic nitrogens is 2. The first kappa shape index (κ1) is 20.5. The van der Waals surface area contributed by atoms with Gasteiger partial charge in [0.15, 0.2) is 17.7 Å². The molecule has 6 nitrogen and oxygen atoms in total. The van der Waals surface area contributed by atoms with Gasteiger partial charge in [0.1, 0.15) is 6.07 Å². The largest absolute Gasteiger partial charge is 0.355 e. The number of carbonyl (C=O) groups excluding carboxylic acids is 1. The van der Waals surface area contributed by atoms with Gasteiger partial charge in [0.25, 0.3) is 5.91 Å². The van der Waals surface area contributed by atoms with Crippen LogP contribution in [0, 0.1) is 17.2 Å². The minimum absolute atomic E-state index is 0.201. The summed E-state index contributed by atoms with van der Waals surface area (Å²) in [6.07, 6.45) is 6.70. The van der Waals surface area contributed by atoms with Crippen molar-refractivity contribution < 1.29 is 9.18 Å². The summed E-state index contributed by atoms with van der Waals surface area (Å²) >= 11 is 0. The highest BCUT2D eigenvalue weighted by atomic mass is 19.1. The summed E-state index contributed by atoms with van der Waals surface area (Å²) < 4.78 is 14.2. The van der Waals surface area contributed by atoms with Crippen molar-refractivity contribution >= 4 is 11.7 Å². The standard InChI is InChI=1S/C21H30FN5O/c1-2-3-4-5-6-18(22)20(28)24-21(11-12-21)16-9-13-27(14-10-16)19-8-7-17(15-23)25-26-19/h7-8,16,18H,2-6,9-14H2,1H3,(H,24,28). The van der Waals surface area contributed by atoms with Crippen LogP contribution in [0.5, 0.6) is 0 Å². The molecule has 0 radical (unpaired) electrons. The number of alkyl halides is 1. The predicted octanol–water partition coefficient (Wildman–Crippen LogP) is 3.52. The molecule has 152 valence electrons. The monoisotopic (exact) mass is 387 g/mol. The second kappa shape index (κ2) is 9.31. The molecule has 1 unspecified atom stereocenters. The topological polar surface area (TPSA) is 81.9 Å². The number of anilines is 1. The summed E-state index contributed by atoms with van der Waals surface area (Å²) in [5.74, 6) is 0.739. The molecule has 0 aromatic carbocycles. The number of nitrogens with zero attached hydrogens (tertiary/aromatic N) is 4. The molecule has 1 aliphatic heterocycles. The van der Waals surface area contributed by atoms with Crippen LogP contribution in [0.1, 0.15) is 70.4 Å². The molecule has 0 bridgehead atoms. The summed E-state index contributed by atoms with van der Waals surface area (Å²) in [6.45, 7) is 3.79. The molecule has 2 heterocycles. The van der Waals surface area contributed by atoms with Gasteiger partial charge in [0.05, 0.1) is 0 Å². The van der Waals surface area contributed by atoms with Gasteiger partial charge in [-0.3, -0.25) is 4.79 Å². The summed E-state index contributed by atoms with van der Waals surface area (Å²) in [4.78, 5) is 14.5. The van der Waals surface area contributed by atoms with Crippen LogP contribution in [-0.4, -0.2) is 40.9 Å². The number of hydrogen-bond donors (Lipinski definition) is 1. The van der Waals surface area contributed by atoms with Crippen molar-refractivity contribution in [2.75, 3.05) is 18.0 Å². The number of nitrogens with one attached hydrogen (secondary N) is 1. The lowest BCUT2D eigenvalue weighted by molar-refractivity contribution is -0.127. The summed E-state index contributed by atoms with van der Waals surface area (Å²) in [6, 6.07) is 5.48. The third-order valence-electron chi connectivity index (χ3n) is 6.12. The normalized spacial score (nSPS) is 19.7. The fourth-order valence-corrected chi connectivity index (χ4v) is 4.19. The van der Waals surface area contributed by atoms with Crippen LogP contribution in [-0.2, 0) is 4.79 Å². The Bertz CT molecular complexity index is 690. The van der Waals surface area contributed by atoms with Gasteiger partial charge in [-0.2, -0.15) is 5.26 Å². The molecule has 0 spiro atoms. The molecule has 2 aliphatic rings. The lowest BCUT2D eigenvalue weighted by Gasteiger charge is -2.37. The van der Waals surface area contributed by atoms with E-state index in [0.29, 0.717) is 18.0 Å². The van der Waals surface area contributed by atoms with Gasteiger partial charge in [0.2, 0.25) is 0 Å². The average Bonchev–Trinajstić information content (AvgIpc) is 3.52. The van der Waals surface area contributed by atoms with Crippen LogP contribution < -0.4 is 10.2 Å². The van der Waals surface area contributed by atoms with Crippen LogP contribution in [0.4, 0.5) is 10.2 Å². The van der Waals surface area contributed by atoms with Gasteiger partial charge < -0.3 is 10.2 Å². The Hall–Kier alpha value is -2.23. The third kappa shape index (κ3) is 4.98. The first-order valence-electron chi connectivity index (χ1n) is 10.5. The quantitative estimate of drug-likeness (QED) is 0.656. The predicted molar refractivity (Wildman–Crippen MR) is 105 cm³/mol. The Labute approximate surface area is 166 Å². The molecular formula is C21H30FN5O. The summed E-state index contributed by atoms with van der Waals surface area (Å²) in [7, 11) is 0. The van der Waals surface area contributed by atoms with E-state index in [2.05, 4.69) is 27.3 Å². The molecule has 1 aromatic heterocycles. The van der Waals surface area contributed by atoms with E-state index in [0.717, 1.165) is 70.3 Å². The molecule has 2 fully saturated rings. The van der Waals surface area contributed by atoms with E-state index < -0.39 is 12.1 Å². The van der Waals surface area contributed by atoms with E-state index in [4.69, 9.17) is 5.26 Å². The Morgan fingerprint density at radius 3 is 2.64 bits per heavy atom. The number of halogens is 1. The van der Waals surface area contributed by atoms with Gasteiger partial charge in [-0.1, -0.05) is 32.6 Å². The molecule has 7 heteroatoms. The molecule has 1 saturated heterocycles. The SMILES string of the molecule is CCCCCCC(F)C(=O)NC1(C2CCN(c3ccc(C#N)nn3)CC2)CC1. The lowest BCUT2D eigenvalue weighted by Crippen LogP contribution is -2.49. The van der Waals surface area contributed by atoms with Gasteiger partial charge in [-0.25, -0.2) is 4.39 Å². The average molecular weight is 388 g/mol. The minimum Gasteiger partial charge on any atom is -0.355 e. The van der Waals surface area contributed by atoms with Crippen molar-refractivity contribution in [2.45, 2.75) is 76.4 Å². The highest BCUT2D eigenvalue weighted by molar-refractivity contribution is 5.81. The summed E-state index contributed by atoms with van der Waals surface area (Å²) in [5, 5.41) is 19.9. The maximum Gasteiger partial charge on any atom is 0.254 e. The van der Waals surface area contributed by atoms with Gasteiger partial charge in [0, 0.05) is 18.6 Å². The fraction of sp³-hybridized carbons (Fsp3) is 0.714. The fourth-order valence-electron chi connectivity index (χ4n) is 4.19. The number of rotatable bonds is 9. The zero-order valence-corrected chi connectivity index (χ0v) is 16.7. The maximum atomic E-state index is 14.2. The van der Waals surface area contributed by atoms with E-state index in [1.54, 1.807) is 6.07 Å². The Morgan fingerprint density at radius 1 is 1.32 bits per heavy atom. The zero-order chi connectivity index (χ0) is 20.0. The van der Waals surface area contributed by atoms with E-state index in [-0.39, 0.29) is 5.54 Å². The van der Waals surface area contributed by atoms with E-state index in [1.165, 1.54) is 0 Å². The maximum absolute atomic E-state index is 14.2. The van der Waals surface area contributed by atoms with Crippen molar-refractivity contribution in [3.63, 3.8) is 0 Å². The number of nitriles is 1. The number of amides is 1. The Balaban J connectivity index is 1.47. The first-order valence-corrected chi connectivity index (χ1v) is 10.5. The van der Waals surface area contributed by atoms with Crippen molar-refractivity contribution in [3.05, 3.63) is 17.8 Å². The van der Waals surface area contributed by atoms with E-state index in [1.807, 2.05) is 12.1 Å². The van der Waals surface area contributed by atoms with Crippen molar-refractivity contribution in [1.29, 1.82) is 5.26 Å². The minimum atomic E-state index is -1.39. The first-order chi connectivity index (χ1) is 13.6. The van der Waals surface area contributed by atoms with E-state index >= 15 is 0 Å². The van der Waals surface area contributed by atoms with Crippen molar-refractivity contribution in [1.82, 2.24) is 15.5 Å². The smallest absolute Gasteiger partial charge is 0.254 e. The molecular weight excluding hydrogens is 357 g/mol. The van der Waals surface area contributed by atoms with Gasteiger partial charge in [-0.15, -0.1) is 10.2 Å². The van der Waals surface area contributed by atoms with Crippen LogP contribution in [0.2, 0.25) is 0 Å². The lowest BCUT2D eigenvalue weighted by atomic mass is 9.87. The molecule has 1 atom stereocenters. The highest BCUT2D eigenvalue weighted by Gasteiger charge is 2.51. The van der Waals surface area contributed by atoms with Crippen LogP contribution in [0.3, 0.4) is 0 Å². The Morgan fingerprint density at radius 2 is 2.07 bits per heavy atom. The number of unbranched alkanes of at least 4 members (excludes halogenated alkanes) is 3. The van der Waals surface area contributed by atoms with Crippen LogP contribution >= 0.6 is 0 Å². The van der Waals surface area contributed by atoms with Gasteiger partial charge >= 0.3 is 0 Å². The van der Waals surface area contributed by atoms with Crippen molar-refractivity contribution in [2.24, 2.45) is 5.92 Å². The third-order valence-corrected chi connectivity index (χ3v) is 6.12. The molecule has 1 aliphatic carbocycles. The van der Waals surface area contributed by atoms with Crippen LogP contribution in [0.25, 0.3) is 0 Å². The number of carbonyl (C=O) groups is 1. The van der Waals surface area contributed by atoms with Gasteiger partial charge in [-0.05, 0) is 50.2 Å². The molecule has 1 aromatic rings. The molecule has 1 saturated carbocycles. The Kier molecular flexibility index (Phi) is 6.82. The summed E-state index contributed by atoms with van der Waals surface area (Å²) in [5.41, 5.74) is 0.113. The van der Waals surface area contributed by atoms with E-state index in [9.17, 15) is 9.18 Å². The van der Waals surface area contributed by atoms with Crippen LogP contribution in [0.15, 0.2) is 12.1 Å². The second-order valence-corrected chi connectivity index (χ2v) is 8.11. The second-order valence-electron chi connectivity index (χ2n) is 8.11. The zero-order valence-electron chi connectivity index (χ0n) is 16.7. The van der Waals surface area contributed by atoms with Crippen molar-refractivity contribution in [3.8, 4) is 6.07 Å². The molecule has 1 amide bonds. The number of piperidine rings is 1. The molecule has 28 heavy (non-hydrogen) atoms.